The molecule has 0 saturated heterocycles. The van der Waals surface area contributed by atoms with E-state index in [1.807, 2.05) is 0 Å². The van der Waals surface area contributed by atoms with Crippen LogP contribution in [0, 0.1) is 0 Å². The largest absolute Gasteiger partial charge is 0.260 e. The Balaban J connectivity index is 0.000000148. The summed E-state index contributed by atoms with van der Waals surface area (Å²) >= 11 is 0. The van der Waals surface area contributed by atoms with Crippen molar-refractivity contribution in [1.82, 2.24) is 0 Å². The summed E-state index contributed by atoms with van der Waals surface area (Å²) in [5, 5.41) is 0. The second kappa shape index (κ2) is 5.76. The van der Waals surface area contributed by atoms with Gasteiger partial charge in [-0.25, -0.2) is 0 Å². The van der Waals surface area contributed by atoms with Gasteiger partial charge in [0.15, 0.2) is 0 Å². The van der Waals surface area contributed by atoms with E-state index in [0.717, 1.165) is 6.42 Å². The fourth-order valence-electron chi connectivity index (χ4n) is 0.393. The lowest BCUT2D eigenvalue weighted by Gasteiger charge is -1.60. The fourth-order valence-corrected chi connectivity index (χ4v) is 0.393. The molecule has 52 valence electrons. The van der Waals surface area contributed by atoms with Gasteiger partial charge in [0.2, 0.25) is 0 Å². The van der Waals surface area contributed by atoms with E-state index in [0.29, 0.717) is 0 Å². The van der Waals surface area contributed by atoms with Crippen molar-refractivity contribution in [2.75, 3.05) is 12.5 Å². The van der Waals surface area contributed by atoms with Crippen molar-refractivity contribution in [1.29, 1.82) is 0 Å². The number of hydrogen-bond acceptors (Lipinski definition) is 1. The van der Waals surface area contributed by atoms with Crippen LogP contribution in [0.5, 0.6) is 0 Å². The van der Waals surface area contributed by atoms with Crippen LogP contribution < -0.4 is 0 Å². The number of allylic oxidation sites excluding steroid dienone is 4. The van der Waals surface area contributed by atoms with E-state index in [1.165, 1.54) is 0 Å². The Bertz CT molecular complexity index is 122. The van der Waals surface area contributed by atoms with Crippen LogP contribution in [0.1, 0.15) is 6.42 Å². The first-order chi connectivity index (χ1) is 4.23. The minimum atomic E-state index is -0.611. The Labute approximate surface area is 58.9 Å². The van der Waals surface area contributed by atoms with Gasteiger partial charge in [-0.15, -0.1) is 0 Å². The second-order valence-corrected chi connectivity index (χ2v) is 3.32. The predicted octanol–water partition coefficient (Wildman–Crippen LogP) is 1.50. The van der Waals surface area contributed by atoms with Crippen molar-refractivity contribution in [3.05, 3.63) is 24.3 Å². The molecule has 0 bridgehead atoms. The maximum Gasteiger partial charge on any atom is 0.0148 e. The summed E-state index contributed by atoms with van der Waals surface area (Å²) in [6.07, 6.45) is 12.8. The molecule has 0 atom stereocenters. The third-order valence-corrected chi connectivity index (χ3v) is 0.655. The summed E-state index contributed by atoms with van der Waals surface area (Å²) in [6, 6.07) is 0. The third kappa shape index (κ3) is 11.3. The SMILES string of the molecule is C1=CCC=C1.CS(C)=O. The van der Waals surface area contributed by atoms with Gasteiger partial charge in [0.25, 0.3) is 0 Å². The average molecular weight is 144 g/mol. The molecular weight excluding hydrogens is 132 g/mol. The molecule has 0 aromatic heterocycles. The monoisotopic (exact) mass is 144 g/mol. The van der Waals surface area contributed by atoms with Gasteiger partial charge in [0.05, 0.1) is 0 Å². The van der Waals surface area contributed by atoms with Gasteiger partial charge in [-0.05, 0) is 6.42 Å². The van der Waals surface area contributed by atoms with Crippen molar-refractivity contribution in [2.45, 2.75) is 6.42 Å². The lowest BCUT2D eigenvalue weighted by Crippen LogP contribution is -1.70. The van der Waals surface area contributed by atoms with Gasteiger partial charge in [-0.2, -0.15) is 0 Å². The fraction of sp³-hybridized carbons (Fsp3) is 0.429. The maximum absolute atomic E-state index is 9.56. The molecule has 1 aliphatic carbocycles. The smallest absolute Gasteiger partial charge is 0.0148 e. The molecule has 0 spiro atoms. The molecule has 0 aromatic carbocycles. The van der Waals surface area contributed by atoms with Crippen LogP contribution in [0.4, 0.5) is 0 Å². The van der Waals surface area contributed by atoms with Crippen LogP contribution in [0.2, 0.25) is 0 Å². The predicted molar refractivity (Wildman–Crippen MR) is 42.9 cm³/mol. The Morgan fingerprint density at radius 2 is 1.56 bits per heavy atom. The van der Waals surface area contributed by atoms with Gasteiger partial charge in [-0.3, -0.25) is 4.21 Å². The second-order valence-electron chi connectivity index (χ2n) is 1.83. The number of hydrogen-bond donors (Lipinski definition) is 0. The van der Waals surface area contributed by atoms with Gasteiger partial charge in [0, 0.05) is 23.3 Å². The molecule has 2 heteroatoms. The minimum Gasteiger partial charge on any atom is -0.260 e. The topological polar surface area (TPSA) is 17.1 Å². The van der Waals surface area contributed by atoms with Crippen LogP contribution in [-0.4, -0.2) is 16.7 Å². The molecule has 0 heterocycles. The first-order valence-corrected chi connectivity index (χ1v) is 4.77. The summed E-state index contributed by atoms with van der Waals surface area (Å²) in [7, 11) is -0.611. The third-order valence-electron chi connectivity index (χ3n) is 0.655. The van der Waals surface area contributed by atoms with Crippen molar-refractivity contribution in [3.8, 4) is 0 Å². The van der Waals surface area contributed by atoms with Crippen LogP contribution in [0.15, 0.2) is 24.3 Å². The average Bonchev–Trinajstić information content (AvgIpc) is 2.11. The normalized spacial score (nSPS) is 13.7. The van der Waals surface area contributed by atoms with E-state index in [1.54, 1.807) is 12.5 Å². The highest BCUT2D eigenvalue weighted by Crippen LogP contribution is 1.93. The van der Waals surface area contributed by atoms with Gasteiger partial charge in [-0.1, -0.05) is 24.3 Å². The Kier molecular flexibility index (Phi) is 5.52. The lowest BCUT2D eigenvalue weighted by atomic mass is 10.5. The van der Waals surface area contributed by atoms with E-state index in [9.17, 15) is 4.21 Å². The van der Waals surface area contributed by atoms with Crippen LogP contribution in [0.25, 0.3) is 0 Å². The van der Waals surface area contributed by atoms with Crippen molar-refractivity contribution in [3.63, 3.8) is 0 Å². The Hall–Kier alpha value is -0.370. The zero-order chi connectivity index (χ0) is 7.11. The molecule has 9 heavy (non-hydrogen) atoms. The van der Waals surface area contributed by atoms with E-state index in [2.05, 4.69) is 24.3 Å². The highest BCUT2D eigenvalue weighted by atomic mass is 32.2. The molecule has 0 fully saturated rings. The van der Waals surface area contributed by atoms with Gasteiger partial charge < -0.3 is 0 Å². The molecule has 0 aromatic rings. The molecule has 0 unspecified atom stereocenters. The van der Waals surface area contributed by atoms with Gasteiger partial charge in [0.1, 0.15) is 0 Å². The summed E-state index contributed by atoms with van der Waals surface area (Å²) in [4.78, 5) is 0. The van der Waals surface area contributed by atoms with E-state index >= 15 is 0 Å². The van der Waals surface area contributed by atoms with Crippen molar-refractivity contribution in [2.24, 2.45) is 0 Å². The maximum atomic E-state index is 9.56. The molecule has 0 radical (unpaired) electrons. The van der Waals surface area contributed by atoms with E-state index in [4.69, 9.17) is 0 Å². The highest BCUT2D eigenvalue weighted by Gasteiger charge is 1.72. The lowest BCUT2D eigenvalue weighted by molar-refractivity contribution is 0.690. The molecule has 1 rings (SSSR count). The molecule has 0 amide bonds. The summed E-state index contributed by atoms with van der Waals surface area (Å²) in [5.74, 6) is 0. The minimum absolute atomic E-state index is 0.611. The molecular formula is C7H12OS. The van der Waals surface area contributed by atoms with E-state index < -0.39 is 10.8 Å². The van der Waals surface area contributed by atoms with Crippen LogP contribution >= 0.6 is 0 Å². The first kappa shape index (κ1) is 8.63. The van der Waals surface area contributed by atoms with Crippen molar-refractivity contribution >= 4 is 10.8 Å². The molecule has 1 nitrogen and oxygen atoms in total. The quantitative estimate of drug-likeness (QED) is 0.503. The summed E-state index contributed by atoms with van der Waals surface area (Å²) in [6.45, 7) is 0. The van der Waals surface area contributed by atoms with Crippen LogP contribution in [-0.2, 0) is 10.8 Å². The van der Waals surface area contributed by atoms with Crippen molar-refractivity contribution < 1.29 is 4.21 Å². The summed E-state index contributed by atoms with van der Waals surface area (Å²) in [5.41, 5.74) is 0. The van der Waals surface area contributed by atoms with Gasteiger partial charge >= 0.3 is 0 Å². The zero-order valence-corrected chi connectivity index (χ0v) is 6.65. The molecule has 0 saturated carbocycles. The standard InChI is InChI=1S/C5H6.C2H6OS/c1-2-4-5-3-1;1-4(2)3/h1-4H,5H2;1-2H3. The Morgan fingerprint density at radius 1 is 1.22 bits per heavy atom. The highest BCUT2D eigenvalue weighted by molar-refractivity contribution is 7.83. The zero-order valence-electron chi connectivity index (χ0n) is 5.83. The molecule has 0 N–H and O–H groups in total. The summed E-state index contributed by atoms with van der Waals surface area (Å²) < 4.78 is 9.56. The first-order valence-electron chi connectivity index (χ1n) is 2.80. The molecule has 0 aliphatic heterocycles. The van der Waals surface area contributed by atoms with E-state index in [-0.39, 0.29) is 0 Å². The Morgan fingerprint density at radius 3 is 1.67 bits per heavy atom. The van der Waals surface area contributed by atoms with Crippen LogP contribution in [0.3, 0.4) is 0 Å². The molecule has 1 aliphatic rings. The number of rotatable bonds is 0.